The van der Waals surface area contributed by atoms with Gasteiger partial charge in [-0.1, -0.05) is 25.7 Å². The Bertz CT molecular complexity index is 486. The average Bonchev–Trinajstić information content (AvgIpc) is 2.35. The second-order valence-electron chi connectivity index (χ2n) is 4.93. The average molecular weight is 260 g/mol. The number of nitrogens with one attached hydrogen (secondary N) is 1. The van der Waals surface area contributed by atoms with E-state index < -0.39 is 0 Å². The molecule has 4 heteroatoms. The smallest absolute Gasteiger partial charge is 0.253 e. The lowest BCUT2D eigenvalue weighted by molar-refractivity contribution is 0.0935. The molecule has 0 bridgehead atoms. The largest absolute Gasteiger partial charge is 0.384 e. The van der Waals surface area contributed by atoms with E-state index in [9.17, 15) is 4.79 Å². The Morgan fingerprint density at radius 1 is 1.42 bits per heavy atom. The molecule has 1 rings (SSSR count). The molecule has 0 fully saturated rings. The van der Waals surface area contributed by atoms with Crippen LogP contribution in [0, 0.1) is 17.8 Å². The maximum absolute atomic E-state index is 12.0. The number of nitrogens with zero attached hydrogens (tertiary/aromatic N) is 1. The van der Waals surface area contributed by atoms with Crippen LogP contribution in [0.1, 0.15) is 43.1 Å². The van der Waals surface area contributed by atoms with Crippen LogP contribution in [0.15, 0.2) is 18.5 Å². The Labute approximate surface area is 114 Å². The van der Waals surface area contributed by atoms with Gasteiger partial charge in [-0.3, -0.25) is 9.78 Å². The zero-order valence-corrected chi connectivity index (χ0v) is 11.6. The number of amides is 1. The fourth-order valence-electron chi connectivity index (χ4n) is 1.85. The lowest BCUT2D eigenvalue weighted by Crippen LogP contribution is -2.33. The van der Waals surface area contributed by atoms with Gasteiger partial charge in [0.2, 0.25) is 0 Å². The first-order valence-electron chi connectivity index (χ1n) is 6.38. The first-order chi connectivity index (χ1) is 9.02. The summed E-state index contributed by atoms with van der Waals surface area (Å²) in [6.45, 7) is 6.02. The lowest BCUT2D eigenvalue weighted by atomic mass is 10.0. The van der Waals surface area contributed by atoms with Gasteiger partial charge in [0.05, 0.1) is 5.56 Å². The number of carbonyl (C=O) groups excluding carboxylic acids is 1. The molecule has 1 unspecified atom stereocenters. The predicted molar refractivity (Wildman–Crippen MR) is 74.6 cm³/mol. The summed E-state index contributed by atoms with van der Waals surface area (Å²) < 4.78 is 0. The summed E-state index contributed by atoms with van der Waals surface area (Å²) in [5.41, 5.74) is 1.11. The minimum Gasteiger partial charge on any atom is -0.384 e. The summed E-state index contributed by atoms with van der Waals surface area (Å²) in [5.74, 6) is 5.66. The Hall–Kier alpha value is -1.86. The zero-order valence-electron chi connectivity index (χ0n) is 11.6. The standard InChI is InChI=1S/C15H20N2O2/c1-11(2)7-12(3)17-15(19)14-8-13(5-4-6-18)9-16-10-14/h8-12,18H,6-7H2,1-3H3,(H,17,19). The third-order valence-corrected chi connectivity index (χ3v) is 2.51. The molecule has 1 aromatic heterocycles. The van der Waals surface area contributed by atoms with Gasteiger partial charge in [0, 0.05) is 24.0 Å². The van der Waals surface area contributed by atoms with Crippen molar-refractivity contribution in [2.24, 2.45) is 5.92 Å². The van der Waals surface area contributed by atoms with E-state index in [2.05, 4.69) is 36.0 Å². The van der Waals surface area contributed by atoms with Gasteiger partial charge < -0.3 is 10.4 Å². The van der Waals surface area contributed by atoms with E-state index in [-0.39, 0.29) is 18.6 Å². The summed E-state index contributed by atoms with van der Waals surface area (Å²) in [6, 6.07) is 1.80. The van der Waals surface area contributed by atoms with E-state index in [4.69, 9.17) is 5.11 Å². The van der Waals surface area contributed by atoms with Gasteiger partial charge in [0.25, 0.3) is 5.91 Å². The molecule has 1 amide bonds. The van der Waals surface area contributed by atoms with E-state index in [1.807, 2.05) is 6.92 Å². The molecule has 0 saturated heterocycles. The molecule has 0 aromatic carbocycles. The summed E-state index contributed by atoms with van der Waals surface area (Å²) in [6.07, 6.45) is 4.02. The highest BCUT2D eigenvalue weighted by Crippen LogP contribution is 2.06. The van der Waals surface area contributed by atoms with Crippen molar-refractivity contribution >= 4 is 5.91 Å². The van der Waals surface area contributed by atoms with E-state index in [0.717, 1.165) is 6.42 Å². The third-order valence-electron chi connectivity index (χ3n) is 2.51. The summed E-state index contributed by atoms with van der Waals surface area (Å²) in [7, 11) is 0. The van der Waals surface area contributed by atoms with Gasteiger partial charge in [-0.05, 0) is 25.3 Å². The normalized spacial score (nSPS) is 11.6. The number of aliphatic hydroxyl groups excluding tert-OH is 1. The zero-order chi connectivity index (χ0) is 14.3. The van der Waals surface area contributed by atoms with E-state index >= 15 is 0 Å². The molecular weight excluding hydrogens is 240 g/mol. The summed E-state index contributed by atoms with van der Waals surface area (Å²) in [4.78, 5) is 16.0. The Kier molecular flexibility index (Phi) is 6.04. The van der Waals surface area contributed by atoms with Crippen molar-refractivity contribution in [3.05, 3.63) is 29.6 Å². The van der Waals surface area contributed by atoms with E-state index in [0.29, 0.717) is 17.0 Å². The van der Waals surface area contributed by atoms with Crippen LogP contribution in [0.3, 0.4) is 0 Å². The molecule has 19 heavy (non-hydrogen) atoms. The van der Waals surface area contributed by atoms with Crippen LogP contribution in [-0.2, 0) is 0 Å². The topological polar surface area (TPSA) is 62.2 Å². The van der Waals surface area contributed by atoms with Crippen LogP contribution < -0.4 is 5.32 Å². The van der Waals surface area contributed by atoms with Gasteiger partial charge in [-0.2, -0.15) is 0 Å². The lowest BCUT2D eigenvalue weighted by Gasteiger charge is -2.15. The summed E-state index contributed by atoms with van der Waals surface area (Å²) >= 11 is 0. The maximum atomic E-state index is 12.0. The number of aliphatic hydroxyl groups is 1. The van der Waals surface area contributed by atoms with Crippen molar-refractivity contribution in [2.75, 3.05) is 6.61 Å². The monoisotopic (exact) mass is 260 g/mol. The second-order valence-corrected chi connectivity index (χ2v) is 4.93. The van der Waals surface area contributed by atoms with Gasteiger partial charge in [0.1, 0.15) is 6.61 Å². The molecule has 0 saturated carbocycles. The number of carbonyl (C=O) groups is 1. The van der Waals surface area contributed by atoms with Crippen LogP contribution in [0.2, 0.25) is 0 Å². The number of pyridine rings is 1. The Morgan fingerprint density at radius 3 is 2.79 bits per heavy atom. The highest BCUT2D eigenvalue weighted by molar-refractivity contribution is 5.94. The molecule has 4 nitrogen and oxygen atoms in total. The van der Waals surface area contributed by atoms with Gasteiger partial charge in [-0.15, -0.1) is 0 Å². The van der Waals surface area contributed by atoms with Crippen molar-refractivity contribution in [3.8, 4) is 11.8 Å². The van der Waals surface area contributed by atoms with Crippen molar-refractivity contribution in [3.63, 3.8) is 0 Å². The minimum atomic E-state index is -0.207. The molecule has 0 aliphatic carbocycles. The van der Waals surface area contributed by atoms with Gasteiger partial charge >= 0.3 is 0 Å². The van der Waals surface area contributed by atoms with Gasteiger partial charge in [-0.25, -0.2) is 0 Å². The van der Waals surface area contributed by atoms with Crippen molar-refractivity contribution in [1.29, 1.82) is 0 Å². The Balaban J connectivity index is 2.71. The van der Waals surface area contributed by atoms with Crippen molar-refractivity contribution < 1.29 is 9.90 Å². The molecular formula is C15H20N2O2. The Morgan fingerprint density at radius 2 is 2.16 bits per heavy atom. The minimum absolute atomic E-state index is 0.125. The van der Waals surface area contributed by atoms with Crippen molar-refractivity contribution in [1.82, 2.24) is 10.3 Å². The first-order valence-corrected chi connectivity index (χ1v) is 6.38. The SMILES string of the molecule is CC(C)CC(C)NC(=O)c1cncc(C#CCO)c1. The molecule has 1 heterocycles. The van der Waals surface area contributed by atoms with Crippen LogP contribution >= 0.6 is 0 Å². The molecule has 0 aliphatic rings. The van der Waals surface area contributed by atoms with E-state index in [1.165, 1.54) is 6.20 Å². The molecule has 0 aliphatic heterocycles. The number of rotatable bonds is 4. The number of hydrogen-bond acceptors (Lipinski definition) is 3. The van der Waals surface area contributed by atoms with Gasteiger partial charge in [0.15, 0.2) is 0 Å². The molecule has 102 valence electrons. The van der Waals surface area contributed by atoms with Crippen LogP contribution in [0.5, 0.6) is 0 Å². The van der Waals surface area contributed by atoms with E-state index in [1.54, 1.807) is 12.3 Å². The molecule has 0 spiro atoms. The van der Waals surface area contributed by atoms with Crippen LogP contribution in [0.25, 0.3) is 0 Å². The van der Waals surface area contributed by atoms with Crippen LogP contribution in [-0.4, -0.2) is 28.6 Å². The molecule has 2 N–H and O–H groups in total. The third kappa shape index (κ3) is 5.54. The number of hydrogen-bond donors (Lipinski definition) is 2. The second kappa shape index (κ2) is 7.55. The fourth-order valence-corrected chi connectivity index (χ4v) is 1.85. The van der Waals surface area contributed by atoms with Crippen molar-refractivity contribution in [2.45, 2.75) is 33.2 Å². The first kappa shape index (κ1) is 15.2. The van der Waals surface area contributed by atoms with Crippen LogP contribution in [0.4, 0.5) is 0 Å². The fraction of sp³-hybridized carbons (Fsp3) is 0.467. The quantitative estimate of drug-likeness (QED) is 0.808. The molecule has 0 radical (unpaired) electrons. The summed E-state index contributed by atoms with van der Waals surface area (Å²) in [5, 5.41) is 11.6. The highest BCUT2D eigenvalue weighted by Gasteiger charge is 2.11. The highest BCUT2D eigenvalue weighted by atomic mass is 16.2. The number of aromatic nitrogens is 1. The predicted octanol–water partition coefficient (Wildman–Crippen LogP) is 1.59. The molecule has 1 atom stereocenters. The molecule has 1 aromatic rings. The maximum Gasteiger partial charge on any atom is 0.253 e.